The van der Waals surface area contributed by atoms with E-state index in [9.17, 15) is 4.79 Å². The average Bonchev–Trinajstić information content (AvgIpc) is 3.34. The van der Waals surface area contributed by atoms with Crippen molar-refractivity contribution in [1.29, 1.82) is 0 Å². The Morgan fingerprint density at radius 2 is 1.70 bits per heavy atom. The molecule has 2 aliphatic rings. The normalized spacial score (nSPS) is 20.3. The number of benzene rings is 2. The summed E-state index contributed by atoms with van der Waals surface area (Å²) in [5, 5.41) is 0. The minimum absolute atomic E-state index is 0.198. The van der Waals surface area contributed by atoms with E-state index in [4.69, 9.17) is 4.98 Å². The lowest BCUT2D eigenvalue weighted by molar-refractivity contribution is -0.127. The third kappa shape index (κ3) is 4.00. The van der Waals surface area contributed by atoms with Gasteiger partial charge in [0.05, 0.1) is 11.0 Å². The summed E-state index contributed by atoms with van der Waals surface area (Å²) in [5.74, 6) is 2.33. The maximum atomic E-state index is 12.8. The van der Waals surface area contributed by atoms with Gasteiger partial charge in [0, 0.05) is 32.0 Å². The third-order valence-corrected chi connectivity index (χ3v) is 6.94. The molecule has 30 heavy (non-hydrogen) atoms. The molecule has 0 unspecified atom stereocenters. The van der Waals surface area contributed by atoms with Gasteiger partial charge in [-0.15, -0.1) is 0 Å². The van der Waals surface area contributed by atoms with E-state index in [0.717, 1.165) is 43.3 Å². The van der Waals surface area contributed by atoms with Crippen molar-refractivity contribution in [3.05, 3.63) is 66.0 Å². The third-order valence-electron chi connectivity index (χ3n) is 6.94. The Morgan fingerprint density at radius 3 is 2.53 bits per heavy atom. The predicted octanol–water partition coefficient (Wildman–Crippen LogP) is 5.18. The number of amides is 1. The van der Waals surface area contributed by atoms with Gasteiger partial charge in [0.1, 0.15) is 5.82 Å². The Balaban J connectivity index is 1.36. The van der Waals surface area contributed by atoms with Gasteiger partial charge in [-0.1, -0.05) is 61.7 Å². The van der Waals surface area contributed by atoms with Gasteiger partial charge in [-0.2, -0.15) is 0 Å². The largest absolute Gasteiger partial charge is 0.342 e. The van der Waals surface area contributed by atoms with Crippen LogP contribution in [0.3, 0.4) is 0 Å². The molecule has 1 saturated carbocycles. The van der Waals surface area contributed by atoms with Crippen LogP contribution in [-0.4, -0.2) is 33.4 Å². The first kappa shape index (κ1) is 19.3. The van der Waals surface area contributed by atoms with Crippen molar-refractivity contribution in [2.75, 3.05) is 13.1 Å². The molecule has 2 aromatic carbocycles. The van der Waals surface area contributed by atoms with Gasteiger partial charge in [0.25, 0.3) is 0 Å². The SMILES string of the molecule is O=C1C[C@@H](c2nc3ccccc3n2CC2CCCCC2)CN1CCc1ccccc1. The van der Waals surface area contributed by atoms with Crippen LogP contribution >= 0.6 is 0 Å². The van der Waals surface area contributed by atoms with Gasteiger partial charge in [0.15, 0.2) is 0 Å². The van der Waals surface area contributed by atoms with E-state index in [-0.39, 0.29) is 11.8 Å². The van der Waals surface area contributed by atoms with E-state index < -0.39 is 0 Å². The topological polar surface area (TPSA) is 38.1 Å². The molecule has 0 bridgehead atoms. The molecular formula is C26H31N3O. The fourth-order valence-electron chi connectivity index (χ4n) is 5.30. The van der Waals surface area contributed by atoms with Crippen molar-refractivity contribution >= 4 is 16.9 Å². The standard InChI is InChI=1S/C26H31N3O/c30-25-17-22(19-28(25)16-15-20-9-3-1-4-10-20)26-27-23-13-7-8-14-24(23)29(26)18-21-11-5-2-6-12-21/h1,3-4,7-10,13-14,21-22H,2,5-6,11-12,15-19H2/t22-/m1/s1. The summed E-state index contributed by atoms with van der Waals surface area (Å²) in [6, 6.07) is 18.9. The van der Waals surface area contributed by atoms with Gasteiger partial charge >= 0.3 is 0 Å². The molecule has 2 fully saturated rings. The van der Waals surface area contributed by atoms with Crippen LogP contribution in [0.15, 0.2) is 54.6 Å². The molecule has 1 atom stereocenters. The zero-order chi connectivity index (χ0) is 20.3. The molecule has 5 rings (SSSR count). The van der Waals surface area contributed by atoms with Crippen LogP contribution < -0.4 is 0 Å². The van der Waals surface area contributed by atoms with Crippen LogP contribution in [0.5, 0.6) is 0 Å². The minimum atomic E-state index is 0.198. The summed E-state index contributed by atoms with van der Waals surface area (Å²) >= 11 is 0. The van der Waals surface area contributed by atoms with Crippen molar-refractivity contribution in [1.82, 2.24) is 14.5 Å². The number of carbonyl (C=O) groups is 1. The molecule has 0 radical (unpaired) electrons. The zero-order valence-electron chi connectivity index (χ0n) is 17.7. The molecule has 1 aromatic heterocycles. The Hall–Kier alpha value is -2.62. The van der Waals surface area contributed by atoms with Gasteiger partial charge < -0.3 is 9.47 Å². The second-order valence-electron chi connectivity index (χ2n) is 9.05. The van der Waals surface area contributed by atoms with Crippen LogP contribution in [0, 0.1) is 5.92 Å². The summed E-state index contributed by atoms with van der Waals surface area (Å²) in [5.41, 5.74) is 3.59. The van der Waals surface area contributed by atoms with Crippen molar-refractivity contribution in [3.63, 3.8) is 0 Å². The number of nitrogens with zero attached hydrogens (tertiary/aromatic N) is 3. The molecule has 4 nitrogen and oxygen atoms in total. The van der Waals surface area contributed by atoms with Crippen molar-refractivity contribution < 1.29 is 4.79 Å². The number of likely N-dealkylation sites (tertiary alicyclic amines) is 1. The quantitative estimate of drug-likeness (QED) is 0.571. The van der Waals surface area contributed by atoms with Gasteiger partial charge in [-0.05, 0) is 42.9 Å². The number of hydrogen-bond acceptors (Lipinski definition) is 2. The second kappa shape index (κ2) is 8.63. The van der Waals surface area contributed by atoms with Crippen molar-refractivity contribution in [2.45, 2.75) is 57.4 Å². The highest BCUT2D eigenvalue weighted by Gasteiger charge is 2.34. The molecular weight excluding hydrogens is 370 g/mol. The van der Waals surface area contributed by atoms with Gasteiger partial charge in [-0.3, -0.25) is 4.79 Å². The fourth-order valence-corrected chi connectivity index (χ4v) is 5.30. The second-order valence-corrected chi connectivity index (χ2v) is 9.05. The molecule has 1 aliphatic carbocycles. The summed E-state index contributed by atoms with van der Waals surface area (Å²) in [6.07, 6.45) is 8.21. The Morgan fingerprint density at radius 1 is 0.933 bits per heavy atom. The van der Waals surface area contributed by atoms with E-state index in [0.29, 0.717) is 6.42 Å². The lowest BCUT2D eigenvalue weighted by Crippen LogP contribution is -2.27. The van der Waals surface area contributed by atoms with Crippen LogP contribution in [0.2, 0.25) is 0 Å². The minimum Gasteiger partial charge on any atom is -0.342 e. The van der Waals surface area contributed by atoms with Crippen molar-refractivity contribution in [2.24, 2.45) is 5.92 Å². The Labute approximate surface area is 178 Å². The smallest absolute Gasteiger partial charge is 0.223 e. The molecule has 0 spiro atoms. The lowest BCUT2D eigenvalue weighted by atomic mass is 9.89. The van der Waals surface area contributed by atoms with Crippen LogP contribution in [0.25, 0.3) is 11.0 Å². The molecule has 0 N–H and O–H groups in total. The molecule has 156 valence electrons. The first-order valence-corrected chi connectivity index (χ1v) is 11.5. The number of para-hydroxylation sites is 2. The summed E-state index contributed by atoms with van der Waals surface area (Å²) in [7, 11) is 0. The van der Waals surface area contributed by atoms with E-state index in [1.165, 1.54) is 43.2 Å². The maximum absolute atomic E-state index is 12.8. The van der Waals surface area contributed by atoms with Crippen LogP contribution in [0.4, 0.5) is 0 Å². The number of carbonyl (C=O) groups excluding carboxylic acids is 1. The molecule has 1 amide bonds. The molecule has 1 aliphatic heterocycles. The summed E-state index contributed by atoms with van der Waals surface area (Å²) in [4.78, 5) is 19.9. The van der Waals surface area contributed by atoms with E-state index >= 15 is 0 Å². The first-order chi connectivity index (χ1) is 14.8. The highest BCUT2D eigenvalue weighted by molar-refractivity contribution is 5.81. The Bertz CT molecular complexity index is 1000. The highest BCUT2D eigenvalue weighted by atomic mass is 16.2. The van der Waals surface area contributed by atoms with Crippen molar-refractivity contribution in [3.8, 4) is 0 Å². The van der Waals surface area contributed by atoms with Gasteiger partial charge in [-0.25, -0.2) is 4.98 Å². The van der Waals surface area contributed by atoms with E-state index in [1.54, 1.807) is 0 Å². The average molecular weight is 402 g/mol. The summed E-state index contributed by atoms with van der Waals surface area (Å²) in [6.45, 7) is 2.63. The molecule has 2 heterocycles. The monoisotopic (exact) mass is 401 g/mol. The van der Waals surface area contributed by atoms with Crippen LogP contribution in [0.1, 0.15) is 55.8 Å². The predicted molar refractivity (Wildman–Crippen MR) is 120 cm³/mol. The van der Waals surface area contributed by atoms with E-state index in [1.807, 2.05) is 11.0 Å². The highest BCUT2D eigenvalue weighted by Crippen LogP contribution is 2.33. The molecule has 4 heteroatoms. The van der Waals surface area contributed by atoms with Crippen LogP contribution in [-0.2, 0) is 17.8 Å². The number of hydrogen-bond donors (Lipinski definition) is 0. The fraction of sp³-hybridized carbons (Fsp3) is 0.462. The van der Waals surface area contributed by atoms with E-state index in [2.05, 4.69) is 53.1 Å². The van der Waals surface area contributed by atoms with Gasteiger partial charge in [0.2, 0.25) is 5.91 Å². The number of fused-ring (bicyclic) bond motifs is 1. The lowest BCUT2D eigenvalue weighted by Gasteiger charge is -2.24. The maximum Gasteiger partial charge on any atom is 0.223 e. The first-order valence-electron chi connectivity index (χ1n) is 11.5. The molecule has 3 aromatic rings. The Kier molecular flexibility index (Phi) is 5.56. The summed E-state index contributed by atoms with van der Waals surface area (Å²) < 4.78 is 2.45. The number of rotatable bonds is 6. The number of aromatic nitrogens is 2. The number of imidazole rings is 1. The molecule has 1 saturated heterocycles. The zero-order valence-corrected chi connectivity index (χ0v) is 17.7.